The standard InChI is InChI=1S/C74H144O17P2/c1-9-67(8)53-45-37-28-22-17-19-23-29-38-46-54-71(76)84-60-69(90-73(78)56-48-40-30-24-15-13-11-10-12-14-20-26-34-42-50-64(2)3)62-88-92(80,81)86-58-68(75)59-87-93(82,83)89-63-70(61-85-72(77)55-47-39-33-32-36-44-52-66(6)7)91-74(79)57-49-41-31-25-18-16-21-27-35-43-51-65(4)5/h64-70,75H,9-63H2,1-8H3,(H,80,81)(H,82,83)/t67?,68-,69-,70-/m1/s1. The molecule has 0 amide bonds. The number of esters is 4. The molecule has 0 saturated carbocycles. The molecule has 0 spiro atoms. The summed E-state index contributed by atoms with van der Waals surface area (Å²) in [6, 6.07) is 0. The van der Waals surface area contributed by atoms with Gasteiger partial charge in [-0.15, -0.1) is 0 Å². The van der Waals surface area contributed by atoms with E-state index in [1.54, 1.807) is 0 Å². The van der Waals surface area contributed by atoms with Gasteiger partial charge in [-0.3, -0.25) is 37.3 Å². The van der Waals surface area contributed by atoms with Crippen LogP contribution in [0.15, 0.2) is 0 Å². The zero-order valence-corrected chi connectivity index (χ0v) is 62.7. The highest BCUT2D eigenvalue weighted by Crippen LogP contribution is 2.45. The molecule has 0 heterocycles. The Hall–Kier alpha value is -1.94. The Balaban J connectivity index is 5.25. The zero-order chi connectivity index (χ0) is 68.9. The number of aliphatic hydroxyl groups is 1. The van der Waals surface area contributed by atoms with Crippen molar-refractivity contribution < 1.29 is 80.2 Å². The maximum absolute atomic E-state index is 13.1. The molecule has 0 fully saturated rings. The fourth-order valence-electron chi connectivity index (χ4n) is 11.2. The van der Waals surface area contributed by atoms with Gasteiger partial charge in [-0.25, -0.2) is 9.13 Å². The summed E-state index contributed by atoms with van der Waals surface area (Å²) in [5.41, 5.74) is 0. The summed E-state index contributed by atoms with van der Waals surface area (Å²) in [6.07, 6.45) is 47.2. The van der Waals surface area contributed by atoms with Crippen molar-refractivity contribution in [2.45, 2.75) is 388 Å². The molecule has 93 heavy (non-hydrogen) atoms. The van der Waals surface area contributed by atoms with Gasteiger partial charge in [0.25, 0.3) is 0 Å². The van der Waals surface area contributed by atoms with Crippen molar-refractivity contribution in [1.29, 1.82) is 0 Å². The number of carbonyl (C=O) groups is 4. The average Bonchev–Trinajstić information content (AvgIpc) is 1.58. The Labute approximate surface area is 568 Å². The van der Waals surface area contributed by atoms with Gasteiger partial charge < -0.3 is 33.8 Å². The molecular formula is C74H144O17P2. The second-order valence-electron chi connectivity index (χ2n) is 28.4. The molecular weight excluding hydrogens is 1220 g/mol. The molecule has 0 aromatic carbocycles. The van der Waals surface area contributed by atoms with Crippen LogP contribution < -0.4 is 0 Å². The van der Waals surface area contributed by atoms with Crippen LogP contribution in [0.1, 0.15) is 370 Å². The second-order valence-corrected chi connectivity index (χ2v) is 31.3. The number of carbonyl (C=O) groups excluding carboxylic acids is 4. The van der Waals surface area contributed by atoms with E-state index < -0.39 is 97.5 Å². The Morgan fingerprint density at radius 2 is 0.516 bits per heavy atom. The van der Waals surface area contributed by atoms with Gasteiger partial charge >= 0.3 is 39.5 Å². The molecule has 0 saturated heterocycles. The lowest BCUT2D eigenvalue weighted by molar-refractivity contribution is -0.161. The van der Waals surface area contributed by atoms with Crippen LogP contribution in [0.3, 0.4) is 0 Å². The Morgan fingerprint density at radius 1 is 0.301 bits per heavy atom. The molecule has 0 aliphatic carbocycles. The molecule has 0 radical (unpaired) electrons. The molecule has 6 atom stereocenters. The van der Waals surface area contributed by atoms with Gasteiger partial charge in [0, 0.05) is 25.7 Å². The summed E-state index contributed by atoms with van der Waals surface area (Å²) >= 11 is 0. The highest BCUT2D eigenvalue weighted by Gasteiger charge is 2.30. The summed E-state index contributed by atoms with van der Waals surface area (Å²) in [4.78, 5) is 72.7. The van der Waals surface area contributed by atoms with Crippen molar-refractivity contribution in [2.75, 3.05) is 39.6 Å². The minimum atomic E-state index is -4.96. The molecule has 17 nitrogen and oxygen atoms in total. The van der Waals surface area contributed by atoms with E-state index in [0.717, 1.165) is 114 Å². The number of hydrogen-bond acceptors (Lipinski definition) is 15. The molecule has 3 unspecified atom stereocenters. The van der Waals surface area contributed by atoms with Gasteiger partial charge in [-0.2, -0.15) is 0 Å². The number of phosphoric acid groups is 2. The lowest BCUT2D eigenvalue weighted by Gasteiger charge is -2.21. The molecule has 0 aliphatic rings. The maximum Gasteiger partial charge on any atom is 0.472 e. The van der Waals surface area contributed by atoms with Crippen molar-refractivity contribution in [2.24, 2.45) is 23.7 Å². The monoisotopic (exact) mass is 1370 g/mol. The number of hydrogen-bond donors (Lipinski definition) is 3. The second kappa shape index (κ2) is 63.5. The summed E-state index contributed by atoms with van der Waals surface area (Å²) in [5, 5.41) is 10.6. The predicted octanol–water partition coefficient (Wildman–Crippen LogP) is 21.3. The topological polar surface area (TPSA) is 237 Å². The zero-order valence-electron chi connectivity index (χ0n) is 60.9. The van der Waals surface area contributed by atoms with Crippen LogP contribution in [0.4, 0.5) is 0 Å². The Bertz CT molecular complexity index is 1840. The van der Waals surface area contributed by atoms with Crippen LogP contribution in [0.25, 0.3) is 0 Å². The van der Waals surface area contributed by atoms with Crippen molar-refractivity contribution in [3.8, 4) is 0 Å². The normalized spacial score (nSPS) is 14.5. The largest absolute Gasteiger partial charge is 0.472 e. The van der Waals surface area contributed by atoms with E-state index >= 15 is 0 Å². The van der Waals surface area contributed by atoms with E-state index in [1.165, 1.54) is 167 Å². The molecule has 0 bridgehead atoms. The summed E-state index contributed by atoms with van der Waals surface area (Å²) in [7, 11) is -9.91. The highest BCUT2D eigenvalue weighted by molar-refractivity contribution is 7.47. The van der Waals surface area contributed by atoms with Crippen LogP contribution in [0.5, 0.6) is 0 Å². The van der Waals surface area contributed by atoms with Gasteiger partial charge in [-0.1, -0.05) is 319 Å². The minimum Gasteiger partial charge on any atom is -0.462 e. The number of rotatable bonds is 71. The van der Waals surface area contributed by atoms with E-state index in [9.17, 15) is 43.2 Å². The van der Waals surface area contributed by atoms with E-state index in [1.807, 2.05) is 0 Å². The fourth-order valence-corrected chi connectivity index (χ4v) is 12.7. The van der Waals surface area contributed by atoms with Crippen molar-refractivity contribution in [3.63, 3.8) is 0 Å². The van der Waals surface area contributed by atoms with Crippen LogP contribution in [0, 0.1) is 23.7 Å². The molecule has 3 N–H and O–H groups in total. The van der Waals surface area contributed by atoms with Crippen LogP contribution >= 0.6 is 15.6 Å². The number of ether oxygens (including phenoxy) is 4. The molecule has 0 aliphatic heterocycles. The SMILES string of the molecule is CCC(C)CCCCCCCCCCCCC(=O)OC[C@H](COP(=O)(O)OC[C@@H](O)COP(=O)(O)OC[C@@H](COC(=O)CCCCCCCCC(C)C)OC(=O)CCCCCCCCCCCCC(C)C)OC(=O)CCCCCCCCCCCCCCCCC(C)C. The van der Waals surface area contributed by atoms with Crippen molar-refractivity contribution >= 4 is 39.5 Å². The summed E-state index contributed by atoms with van der Waals surface area (Å²) in [6.45, 7) is 14.1. The van der Waals surface area contributed by atoms with Crippen molar-refractivity contribution in [1.82, 2.24) is 0 Å². The van der Waals surface area contributed by atoms with Crippen LogP contribution in [0.2, 0.25) is 0 Å². The Morgan fingerprint density at radius 3 is 0.763 bits per heavy atom. The third-order valence-electron chi connectivity index (χ3n) is 17.4. The summed E-state index contributed by atoms with van der Waals surface area (Å²) in [5.74, 6) is 0.911. The molecule has 0 rings (SSSR count). The average molecular weight is 1370 g/mol. The van der Waals surface area contributed by atoms with E-state index in [2.05, 4.69) is 55.4 Å². The van der Waals surface area contributed by atoms with Gasteiger partial charge in [0.2, 0.25) is 0 Å². The van der Waals surface area contributed by atoms with E-state index in [-0.39, 0.29) is 25.7 Å². The number of phosphoric ester groups is 2. The van der Waals surface area contributed by atoms with Gasteiger partial charge in [0.15, 0.2) is 12.2 Å². The minimum absolute atomic E-state index is 0.104. The maximum atomic E-state index is 13.1. The fraction of sp³-hybridized carbons (Fsp3) is 0.946. The van der Waals surface area contributed by atoms with Crippen LogP contribution in [-0.2, 0) is 65.4 Å². The summed E-state index contributed by atoms with van der Waals surface area (Å²) < 4.78 is 68.4. The smallest absolute Gasteiger partial charge is 0.462 e. The quantitative estimate of drug-likeness (QED) is 0.0222. The number of unbranched alkanes of at least 4 members (excludes halogenated alkanes) is 36. The third kappa shape index (κ3) is 67.0. The van der Waals surface area contributed by atoms with Gasteiger partial charge in [0.05, 0.1) is 26.4 Å². The third-order valence-corrected chi connectivity index (χ3v) is 19.3. The van der Waals surface area contributed by atoms with Gasteiger partial charge in [0.1, 0.15) is 19.3 Å². The highest BCUT2D eigenvalue weighted by atomic mass is 31.2. The number of aliphatic hydroxyl groups excluding tert-OH is 1. The molecule has 0 aromatic rings. The van der Waals surface area contributed by atoms with E-state index in [0.29, 0.717) is 31.6 Å². The predicted molar refractivity (Wildman–Crippen MR) is 377 cm³/mol. The first-order valence-electron chi connectivity index (χ1n) is 38.2. The van der Waals surface area contributed by atoms with E-state index in [4.69, 9.17) is 37.0 Å². The molecule has 552 valence electrons. The first kappa shape index (κ1) is 91.1. The van der Waals surface area contributed by atoms with Gasteiger partial charge in [-0.05, 0) is 49.4 Å². The lowest BCUT2D eigenvalue weighted by Crippen LogP contribution is -2.30. The lowest BCUT2D eigenvalue weighted by atomic mass is 9.99. The first-order chi connectivity index (χ1) is 44.6. The molecule has 19 heteroatoms. The van der Waals surface area contributed by atoms with Crippen LogP contribution in [-0.4, -0.2) is 96.7 Å². The Kier molecular flexibility index (Phi) is 62.2. The molecule has 0 aromatic heterocycles. The first-order valence-corrected chi connectivity index (χ1v) is 41.2. The van der Waals surface area contributed by atoms with Crippen molar-refractivity contribution in [3.05, 3.63) is 0 Å².